The maximum absolute atomic E-state index is 12.5. The van der Waals surface area contributed by atoms with Gasteiger partial charge in [-0.25, -0.2) is 8.42 Å². The van der Waals surface area contributed by atoms with Crippen molar-refractivity contribution in [2.45, 2.75) is 17.2 Å². The molecule has 0 amide bonds. The molecule has 2 aromatic heterocycles. The number of thiophene rings is 1. The number of hydrogen-bond donors (Lipinski definition) is 0. The van der Waals surface area contributed by atoms with Crippen LogP contribution in [0.5, 0.6) is 0 Å². The molecular weight excluding hydrogens is 348 g/mol. The molecule has 4 nitrogen and oxygen atoms in total. The molecule has 3 heterocycles. The van der Waals surface area contributed by atoms with E-state index in [1.54, 1.807) is 18.3 Å². The van der Waals surface area contributed by atoms with Gasteiger partial charge in [0.25, 0.3) is 10.0 Å². The first-order valence-corrected chi connectivity index (χ1v) is 8.80. The molecule has 0 saturated carbocycles. The van der Waals surface area contributed by atoms with Gasteiger partial charge in [0.2, 0.25) is 0 Å². The fourth-order valence-corrected chi connectivity index (χ4v) is 5.69. The van der Waals surface area contributed by atoms with Crippen LogP contribution in [-0.4, -0.2) is 24.3 Å². The molecule has 0 unspecified atom stereocenters. The molecule has 100 valence electrons. The first kappa shape index (κ1) is 13.2. The van der Waals surface area contributed by atoms with Gasteiger partial charge in [-0.3, -0.25) is 4.98 Å². The zero-order valence-corrected chi connectivity index (χ0v) is 13.1. The lowest BCUT2D eigenvalue weighted by Crippen LogP contribution is -2.35. The fraction of sp³-hybridized carbons (Fsp3) is 0.250. The maximum atomic E-state index is 12.5. The van der Waals surface area contributed by atoms with Crippen molar-refractivity contribution < 1.29 is 8.42 Å². The van der Waals surface area contributed by atoms with Crippen LogP contribution in [0.1, 0.15) is 11.3 Å². The molecule has 1 aliphatic rings. The van der Waals surface area contributed by atoms with Gasteiger partial charge in [-0.05, 0) is 39.7 Å². The van der Waals surface area contributed by atoms with Gasteiger partial charge in [-0.15, -0.1) is 11.3 Å². The number of hydrogen-bond acceptors (Lipinski definition) is 4. The smallest absolute Gasteiger partial charge is 0.252 e. The average molecular weight is 359 g/mol. The van der Waals surface area contributed by atoms with Gasteiger partial charge in [0, 0.05) is 31.4 Å². The fourth-order valence-electron chi connectivity index (χ4n) is 2.11. The van der Waals surface area contributed by atoms with Crippen LogP contribution in [0.2, 0.25) is 0 Å². The Balaban J connectivity index is 1.93. The molecule has 0 aliphatic carbocycles. The number of sulfonamides is 1. The highest BCUT2D eigenvalue weighted by molar-refractivity contribution is 9.11. The van der Waals surface area contributed by atoms with Crippen molar-refractivity contribution in [3.63, 3.8) is 0 Å². The van der Waals surface area contributed by atoms with E-state index in [2.05, 4.69) is 20.9 Å². The minimum Gasteiger partial charge on any atom is -0.261 e. The second-order valence-corrected chi connectivity index (χ2v) is 8.88. The van der Waals surface area contributed by atoms with E-state index < -0.39 is 10.0 Å². The summed E-state index contributed by atoms with van der Waals surface area (Å²) in [4.78, 5) is 4.29. The van der Waals surface area contributed by atoms with Crippen LogP contribution < -0.4 is 0 Å². The normalized spacial score (nSPS) is 16.3. The second-order valence-electron chi connectivity index (χ2n) is 4.26. The number of aromatic nitrogens is 1. The van der Waals surface area contributed by atoms with E-state index in [4.69, 9.17) is 0 Å². The molecule has 0 saturated heterocycles. The standard InChI is InChI=1S/C12H11BrN2O2S2/c13-11-3-4-12(18-11)19(16,17)15-7-5-10-9(8-15)2-1-6-14-10/h1-4,6H,5,7-8H2. The molecule has 0 atom stereocenters. The predicted octanol–water partition coefficient (Wildman–Crippen LogP) is 2.65. The molecule has 3 rings (SSSR count). The Labute approximate surface area is 124 Å². The van der Waals surface area contributed by atoms with Crippen LogP contribution in [0.15, 0.2) is 38.5 Å². The number of fused-ring (bicyclic) bond motifs is 1. The lowest BCUT2D eigenvalue weighted by atomic mass is 10.1. The summed E-state index contributed by atoms with van der Waals surface area (Å²) in [5, 5.41) is 0. The van der Waals surface area contributed by atoms with Crippen LogP contribution in [0, 0.1) is 0 Å². The van der Waals surface area contributed by atoms with Crippen molar-refractivity contribution in [1.29, 1.82) is 0 Å². The van der Waals surface area contributed by atoms with Gasteiger partial charge in [0.05, 0.1) is 3.79 Å². The molecule has 0 bridgehead atoms. The number of halogens is 1. The molecule has 0 spiro atoms. The first-order valence-electron chi connectivity index (χ1n) is 5.75. The largest absolute Gasteiger partial charge is 0.261 e. The summed E-state index contributed by atoms with van der Waals surface area (Å²) < 4.78 is 27.7. The minimum atomic E-state index is -3.39. The van der Waals surface area contributed by atoms with Crippen LogP contribution >= 0.6 is 27.3 Å². The molecule has 19 heavy (non-hydrogen) atoms. The van der Waals surface area contributed by atoms with E-state index in [9.17, 15) is 8.42 Å². The van der Waals surface area contributed by atoms with E-state index in [-0.39, 0.29) is 0 Å². The van der Waals surface area contributed by atoms with Crippen LogP contribution in [0.3, 0.4) is 0 Å². The Kier molecular flexibility index (Phi) is 3.46. The lowest BCUT2D eigenvalue weighted by molar-refractivity contribution is 0.389. The molecular formula is C12H11BrN2O2S2. The molecule has 0 N–H and O–H groups in total. The van der Waals surface area contributed by atoms with Crippen LogP contribution in [0.25, 0.3) is 0 Å². The third-order valence-corrected chi connectivity index (χ3v) is 7.01. The van der Waals surface area contributed by atoms with Crippen molar-refractivity contribution in [2.24, 2.45) is 0 Å². The number of nitrogens with zero attached hydrogens (tertiary/aromatic N) is 2. The van der Waals surface area contributed by atoms with Crippen molar-refractivity contribution >= 4 is 37.3 Å². The third-order valence-electron chi connectivity index (χ3n) is 3.07. The SMILES string of the molecule is O=S(=O)(c1ccc(Br)s1)N1CCc2ncccc2C1. The van der Waals surface area contributed by atoms with Crippen molar-refractivity contribution in [2.75, 3.05) is 6.54 Å². The van der Waals surface area contributed by atoms with Gasteiger partial charge in [-0.1, -0.05) is 6.07 Å². The van der Waals surface area contributed by atoms with E-state index in [1.165, 1.54) is 15.6 Å². The maximum Gasteiger partial charge on any atom is 0.252 e. The zero-order valence-electron chi connectivity index (χ0n) is 9.91. The highest BCUT2D eigenvalue weighted by atomic mass is 79.9. The highest BCUT2D eigenvalue weighted by Crippen LogP contribution is 2.30. The highest BCUT2D eigenvalue weighted by Gasteiger charge is 2.29. The van der Waals surface area contributed by atoms with E-state index in [0.29, 0.717) is 23.7 Å². The Morgan fingerprint density at radius 1 is 1.32 bits per heavy atom. The third kappa shape index (κ3) is 2.47. The van der Waals surface area contributed by atoms with Crippen molar-refractivity contribution in [3.05, 3.63) is 45.5 Å². The zero-order chi connectivity index (χ0) is 13.5. The van der Waals surface area contributed by atoms with Gasteiger partial charge in [0.1, 0.15) is 4.21 Å². The van der Waals surface area contributed by atoms with Crippen LogP contribution in [0.4, 0.5) is 0 Å². The van der Waals surface area contributed by atoms with E-state index in [0.717, 1.165) is 15.0 Å². The Bertz CT molecular complexity index is 712. The minimum absolute atomic E-state index is 0.381. The van der Waals surface area contributed by atoms with Gasteiger partial charge in [-0.2, -0.15) is 4.31 Å². The molecule has 2 aromatic rings. The summed E-state index contributed by atoms with van der Waals surface area (Å²) in [6, 6.07) is 7.19. The molecule has 0 radical (unpaired) electrons. The Hall–Kier alpha value is -0.760. The molecule has 0 fully saturated rings. The first-order chi connectivity index (χ1) is 9.07. The van der Waals surface area contributed by atoms with Gasteiger partial charge < -0.3 is 0 Å². The lowest BCUT2D eigenvalue weighted by Gasteiger charge is -2.26. The van der Waals surface area contributed by atoms with Gasteiger partial charge in [0.15, 0.2) is 0 Å². The number of pyridine rings is 1. The summed E-state index contributed by atoms with van der Waals surface area (Å²) in [6.45, 7) is 0.892. The second kappa shape index (κ2) is 4.97. The molecule has 0 aromatic carbocycles. The summed E-state index contributed by atoms with van der Waals surface area (Å²) >= 11 is 4.54. The quantitative estimate of drug-likeness (QED) is 0.828. The summed E-state index contributed by atoms with van der Waals surface area (Å²) in [5.74, 6) is 0. The Morgan fingerprint density at radius 2 is 2.16 bits per heavy atom. The number of rotatable bonds is 2. The summed E-state index contributed by atoms with van der Waals surface area (Å²) in [7, 11) is -3.39. The molecule has 7 heteroatoms. The topological polar surface area (TPSA) is 50.3 Å². The predicted molar refractivity (Wildman–Crippen MR) is 77.6 cm³/mol. The average Bonchev–Trinajstić information content (AvgIpc) is 2.85. The van der Waals surface area contributed by atoms with E-state index >= 15 is 0 Å². The van der Waals surface area contributed by atoms with E-state index in [1.807, 2.05) is 12.1 Å². The molecule has 1 aliphatic heterocycles. The summed E-state index contributed by atoms with van der Waals surface area (Å²) in [6.07, 6.45) is 2.42. The summed E-state index contributed by atoms with van der Waals surface area (Å²) in [5.41, 5.74) is 1.99. The van der Waals surface area contributed by atoms with Crippen molar-refractivity contribution in [1.82, 2.24) is 9.29 Å². The monoisotopic (exact) mass is 358 g/mol. The Morgan fingerprint density at radius 3 is 2.89 bits per heavy atom. The van der Waals surface area contributed by atoms with Crippen LogP contribution in [-0.2, 0) is 23.0 Å². The van der Waals surface area contributed by atoms with Crippen molar-refractivity contribution in [3.8, 4) is 0 Å². The van der Waals surface area contributed by atoms with Gasteiger partial charge >= 0.3 is 0 Å².